The molecule has 1 heterocycles. The molecule has 0 spiro atoms. The van der Waals surface area contributed by atoms with Crippen LogP contribution in [0.25, 0.3) is 0 Å². The van der Waals surface area contributed by atoms with Crippen LogP contribution in [0.2, 0.25) is 0 Å². The first-order valence-electron chi connectivity index (χ1n) is 4.15. The zero-order chi connectivity index (χ0) is 9.10. The zero-order valence-corrected chi connectivity index (χ0v) is 9.21. The summed E-state index contributed by atoms with van der Waals surface area (Å²) < 4.78 is 1.22. The highest BCUT2D eigenvalue weighted by atomic mass is 127. The molecule has 0 unspecified atom stereocenters. The monoisotopic (exact) mass is 287 g/mol. The van der Waals surface area contributed by atoms with Gasteiger partial charge < -0.3 is 10.6 Å². The minimum Gasteiger partial charge on any atom is -0.354 e. The van der Waals surface area contributed by atoms with Crippen molar-refractivity contribution in [1.82, 2.24) is 5.32 Å². The molecule has 0 aromatic heterocycles. The fourth-order valence-corrected chi connectivity index (χ4v) is 1.73. The van der Waals surface area contributed by atoms with Crippen LogP contribution < -0.4 is 10.6 Å². The van der Waals surface area contributed by atoms with E-state index in [2.05, 4.69) is 50.3 Å². The normalized spacial score (nSPS) is 15.0. The molecule has 2 N–H and O–H groups in total. The zero-order valence-electron chi connectivity index (χ0n) is 7.05. The van der Waals surface area contributed by atoms with Gasteiger partial charge in [-0.2, -0.15) is 0 Å². The molecular weight excluding hydrogens is 277 g/mol. The van der Waals surface area contributed by atoms with E-state index < -0.39 is 0 Å². The van der Waals surface area contributed by atoms with Crippen molar-refractivity contribution in [3.63, 3.8) is 0 Å². The van der Waals surface area contributed by atoms with Crippen molar-refractivity contribution in [2.45, 2.75) is 0 Å². The number of hydrogen-bond donors (Lipinski definition) is 2. The summed E-state index contributed by atoms with van der Waals surface area (Å²) in [6.45, 7) is 1.80. The molecule has 3 nitrogen and oxygen atoms in total. The Morgan fingerprint density at radius 2 is 2.38 bits per heavy atom. The summed E-state index contributed by atoms with van der Waals surface area (Å²) in [6.07, 6.45) is 0. The number of hydrogen-bond acceptors (Lipinski definition) is 3. The minimum absolute atomic E-state index is 0.867. The SMILES string of the molecule is Ic1cccc(NC2=NCCN2)c1. The molecule has 0 saturated heterocycles. The third kappa shape index (κ3) is 2.33. The molecule has 0 fully saturated rings. The van der Waals surface area contributed by atoms with E-state index in [0.717, 1.165) is 24.7 Å². The number of rotatable bonds is 1. The lowest BCUT2D eigenvalue weighted by Gasteiger charge is -2.05. The molecule has 0 atom stereocenters. The smallest absolute Gasteiger partial charge is 0.195 e. The number of anilines is 1. The van der Waals surface area contributed by atoms with Gasteiger partial charge in [0.25, 0.3) is 0 Å². The molecule has 68 valence electrons. The van der Waals surface area contributed by atoms with Gasteiger partial charge in [0.05, 0.1) is 6.54 Å². The maximum Gasteiger partial charge on any atom is 0.195 e. The van der Waals surface area contributed by atoms with Gasteiger partial charge in [-0.1, -0.05) is 6.07 Å². The van der Waals surface area contributed by atoms with Crippen LogP contribution in [0.15, 0.2) is 29.3 Å². The third-order valence-electron chi connectivity index (χ3n) is 1.76. The van der Waals surface area contributed by atoms with Gasteiger partial charge in [0.15, 0.2) is 5.96 Å². The highest BCUT2D eigenvalue weighted by molar-refractivity contribution is 14.1. The van der Waals surface area contributed by atoms with E-state index in [1.165, 1.54) is 3.57 Å². The van der Waals surface area contributed by atoms with Gasteiger partial charge in [-0.25, -0.2) is 0 Å². The molecule has 13 heavy (non-hydrogen) atoms. The summed E-state index contributed by atoms with van der Waals surface area (Å²) in [5.74, 6) is 0.877. The quantitative estimate of drug-likeness (QED) is 0.771. The summed E-state index contributed by atoms with van der Waals surface area (Å²) >= 11 is 2.29. The van der Waals surface area contributed by atoms with Crippen LogP contribution in [0.3, 0.4) is 0 Å². The predicted octanol–water partition coefficient (Wildman–Crippen LogP) is 1.66. The molecule has 1 aliphatic heterocycles. The Morgan fingerprint density at radius 1 is 1.46 bits per heavy atom. The van der Waals surface area contributed by atoms with Gasteiger partial charge in [0, 0.05) is 15.8 Å². The molecule has 2 rings (SSSR count). The van der Waals surface area contributed by atoms with Crippen LogP contribution in [0, 0.1) is 3.57 Å². The molecule has 0 amide bonds. The van der Waals surface area contributed by atoms with Gasteiger partial charge in [-0.15, -0.1) is 0 Å². The highest BCUT2D eigenvalue weighted by Crippen LogP contribution is 2.12. The van der Waals surface area contributed by atoms with E-state index in [0.29, 0.717) is 0 Å². The summed E-state index contributed by atoms with van der Waals surface area (Å²) in [7, 11) is 0. The Kier molecular flexibility index (Phi) is 2.68. The Morgan fingerprint density at radius 3 is 3.08 bits per heavy atom. The maximum atomic E-state index is 4.25. The van der Waals surface area contributed by atoms with E-state index in [1.807, 2.05) is 12.1 Å². The molecule has 0 saturated carbocycles. The van der Waals surface area contributed by atoms with Crippen LogP contribution in [-0.4, -0.2) is 19.0 Å². The summed E-state index contributed by atoms with van der Waals surface area (Å²) in [6, 6.07) is 8.21. The van der Waals surface area contributed by atoms with Gasteiger partial charge >= 0.3 is 0 Å². The molecule has 1 aliphatic rings. The Labute approximate surface area is 90.8 Å². The predicted molar refractivity (Wildman–Crippen MR) is 63.1 cm³/mol. The molecule has 0 bridgehead atoms. The molecule has 0 radical (unpaired) electrons. The molecular formula is C9H10IN3. The molecule has 4 heteroatoms. The average Bonchev–Trinajstić information content (AvgIpc) is 2.57. The summed E-state index contributed by atoms with van der Waals surface area (Å²) in [5, 5.41) is 6.38. The first-order valence-corrected chi connectivity index (χ1v) is 5.23. The lowest BCUT2D eigenvalue weighted by molar-refractivity contribution is 0.959. The average molecular weight is 287 g/mol. The van der Waals surface area contributed by atoms with E-state index >= 15 is 0 Å². The van der Waals surface area contributed by atoms with Gasteiger partial charge in [0.2, 0.25) is 0 Å². The van der Waals surface area contributed by atoms with Gasteiger partial charge in [0.1, 0.15) is 0 Å². The number of halogens is 1. The van der Waals surface area contributed by atoms with E-state index in [-0.39, 0.29) is 0 Å². The van der Waals surface area contributed by atoms with Gasteiger partial charge in [-0.3, -0.25) is 4.99 Å². The van der Waals surface area contributed by atoms with Crippen molar-refractivity contribution in [3.8, 4) is 0 Å². The minimum atomic E-state index is 0.867. The third-order valence-corrected chi connectivity index (χ3v) is 2.43. The Hall–Kier alpha value is -0.780. The van der Waals surface area contributed by atoms with Crippen molar-refractivity contribution in [3.05, 3.63) is 27.8 Å². The first kappa shape index (κ1) is 8.80. The molecule has 1 aromatic carbocycles. The van der Waals surface area contributed by atoms with Gasteiger partial charge in [-0.05, 0) is 40.8 Å². The largest absolute Gasteiger partial charge is 0.354 e. The molecule has 0 aliphatic carbocycles. The fourth-order valence-electron chi connectivity index (χ4n) is 1.18. The standard InChI is InChI=1S/C9H10IN3/c10-7-2-1-3-8(6-7)13-9-11-4-5-12-9/h1-3,6H,4-5H2,(H2,11,12,13). The van der Waals surface area contributed by atoms with Crippen molar-refractivity contribution in [2.24, 2.45) is 4.99 Å². The lowest BCUT2D eigenvalue weighted by atomic mass is 10.3. The number of nitrogens with zero attached hydrogens (tertiary/aromatic N) is 1. The fraction of sp³-hybridized carbons (Fsp3) is 0.222. The number of guanidine groups is 1. The number of benzene rings is 1. The van der Waals surface area contributed by atoms with Crippen LogP contribution in [-0.2, 0) is 0 Å². The van der Waals surface area contributed by atoms with Crippen LogP contribution in [0.4, 0.5) is 5.69 Å². The lowest BCUT2D eigenvalue weighted by Crippen LogP contribution is -2.26. The van der Waals surface area contributed by atoms with E-state index in [1.54, 1.807) is 0 Å². The second kappa shape index (κ2) is 3.95. The number of nitrogens with one attached hydrogen (secondary N) is 2. The second-order valence-electron chi connectivity index (χ2n) is 2.79. The van der Waals surface area contributed by atoms with Crippen LogP contribution in [0.1, 0.15) is 0 Å². The van der Waals surface area contributed by atoms with Crippen molar-refractivity contribution >= 4 is 34.2 Å². The highest BCUT2D eigenvalue weighted by Gasteiger charge is 2.03. The Balaban J connectivity index is 2.09. The first-order chi connectivity index (χ1) is 6.34. The van der Waals surface area contributed by atoms with E-state index in [4.69, 9.17) is 0 Å². The van der Waals surface area contributed by atoms with Crippen LogP contribution in [0.5, 0.6) is 0 Å². The maximum absolute atomic E-state index is 4.25. The van der Waals surface area contributed by atoms with Crippen molar-refractivity contribution < 1.29 is 0 Å². The topological polar surface area (TPSA) is 36.4 Å². The Bertz CT molecular complexity index is 335. The number of aliphatic imine (C=N–C) groups is 1. The van der Waals surface area contributed by atoms with Crippen LogP contribution >= 0.6 is 22.6 Å². The molecule has 1 aromatic rings. The summed E-state index contributed by atoms with van der Waals surface area (Å²) in [5.41, 5.74) is 1.08. The van der Waals surface area contributed by atoms with Crippen molar-refractivity contribution in [2.75, 3.05) is 18.4 Å². The summed E-state index contributed by atoms with van der Waals surface area (Å²) in [4.78, 5) is 4.25. The van der Waals surface area contributed by atoms with Crippen molar-refractivity contribution in [1.29, 1.82) is 0 Å². The second-order valence-corrected chi connectivity index (χ2v) is 4.04. The van der Waals surface area contributed by atoms with E-state index in [9.17, 15) is 0 Å².